The van der Waals surface area contributed by atoms with Crippen LogP contribution in [0.25, 0.3) is 0 Å². The highest BCUT2D eigenvalue weighted by molar-refractivity contribution is 5.66. The van der Waals surface area contributed by atoms with Gasteiger partial charge in [-0.05, 0) is 61.3 Å². The second-order valence-corrected chi connectivity index (χ2v) is 8.16. The average Bonchev–Trinajstić information content (AvgIpc) is 3.24. The molecule has 2 N–H and O–H groups in total. The first-order chi connectivity index (χ1) is 12.6. The van der Waals surface area contributed by atoms with Crippen LogP contribution in [-0.2, 0) is 4.79 Å². The summed E-state index contributed by atoms with van der Waals surface area (Å²) in [5.74, 6) is 2.36. The summed E-state index contributed by atoms with van der Waals surface area (Å²) < 4.78 is 0. The highest BCUT2D eigenvalue weighted by atomic mass is 16.4. The Morgan fingerprint density at radius 2 is 1.81 bits per heavy atom. The first kappa shape index (κ1) is 19.2. The number of carboxylic acids is 1. The van der Waals surface area contributed by atoms with Crippen LogP contribution in [0, 0.1) is 23.7 Å². The lowest BCUT2D eigenvalue weighted by molar-refractivity contribution is -0.137. The molecule has 0 aliphatic heterocycles. The molecular weight excluding hydrogens is 324 g/mol. The predicted molar refractivity (Wildman–Crippen MR) is 104 cm³/mol. The molecule has 3 heteroatoms. The van der Waals surface area contributed by atoms with Gasteiger partial charge in [0, 0.05) is 6.42 Å². The van der Waals surface area contributed by atoms with Gasteiger partial charge in [-0.1, -0.05) is 61.7 Å². The monoisotopic (exact) mass is 356 g/mol. The molecule has 3 rings (SSSR count). The van der Waals surface area contributed by atoms with E-state index in [1.165, 1.54) is 32.1 Å². The highest BCUT2D eigenvalue weighted by Gasteiger charge is 2.45. The molecule has 5 unspecified atom stereocenters. The fraction of sp³-hybridized carbons (Fsp3) is 0.609. The Labute approximate surface area is 157 Å². The number of hydrogen-bond donors (Lipinski definition) is 2. The molecule has 2 aliphatic carbocycles. The largest absolute Gasteiger partial charge is 0.481 e. The van der Waals surface area contributed by atoms with Crippen molar-refractivity contribution in [1.82, 2.24) is 0 Å². The number of carboxylic acid groups (broad SMARTS) is 1. The van der Waals surface area contributed by atoms with E-state index in [9.17, 15) is 9.90 Å². The van der Waals surface area contributed by atoms with Crippen LogP contribution in [0.15, 0.2) is 42.5 Å². The summed E-state index contributed by atoms with van der Waals surface area (Å²) >= 11 is 0. The van der Waals surface area contributed by atoms with Crippen LogP contribution >= 0.6 is 0 Å². The van der Waals surface area contributed by atoms with Crippen LogP contribution in [0.3, 0.4) is 0 Å². The Hall–Kier alpha value is -1.61. The zero-order valence-corrected chi connectivity index (χ0v) is 15.6. The molecule has 0 spiro atoms. The van der Waals surface area contributed by atoms with Gasteiger partial charge in [-0.2, -0.15) is 0 Å². The minimum atomic E-state index is -0.680. The number of hydrogen-bond acceptors (Lipinski definition) is 2. The number of fused-ring (bicyclic) bond motifs is 2. The van der Waals surface area contributed by atoms with E-state index in [4.69, 9.17) is 5.11 Å². The van der Waals surface area contributed by atoms with Gasteiger partial charge >= 0.3 is 5.97 Å². The van der Waals surface area contributed by atoms with Gasteiger partial charge in [0.05, 0.1) is 6.10 Å². The summed E-state index contributed by atoms with van der Waals surface area (Å²) in [5, 5.41) is 19.1. The van der Waals surface area contributed by atoms with Crippen LogP contribution in [-0.4, -0.2) is 16.2 Å². The Kier molecular flexibility index (Phi) is 6.90. The molecule has 1 aromatic rings. The van der Waals surface area contributed by atoms with Crippen LogP contribution in [0.2, 0.25) is 0 Å². The molecular formula is C23H32O3. The van der Waals surface area contributed by atoms with Gasteiger partial charge in [0.1, 0.15) is 0 Å². The normalized spacial score (nSPS) is 28.7. The van der Waals surface area contributed by atoms with Crippen LogP contribution < -0.4 is 0 Å². The SMILES string of the molecule is O=C(O)CCCCCCC1C2CCC(C2)C1/C=C/C(O)c1ccccc1. The number of rotatable bonds is 10. The van der Waals surface area contributed by atoms with Crippen LogP contribution in [0.4, 0.5) is 0 Å². The quantitative estimate of drug-likeness (QED) is 0.438. The fourth-order valence-electron chi connectivity index (χ4n) is 5.19. The lowest BCUT2D eigenvalue weighted by atomic mass is 9.76. The number of aliphatic hydroxyl groups is 1. The molecule has 0 amide bonds. The second-order valence-electron chi connectivity index (χ2n) is 8.16. The molecule has 0 radical (unpaired) electrons. The minimum Gasteiger partial charge on any atom is -0.481 e. The molecule has 26 heavy (non-hydrogen) atoms. The molecule has 142 valence electrons. The van der Waals surface area contributed by atoms with Crippen molar-refractivity contribution < 1.29 is 15.0 Å². The summed E-state index contributed by atoms with van der Waals surface area (Å²) in [6.45, 7) is 0. The minimum absolute atomic E-state index is 0.302. The van der Waals surface area contributed by atoms with Gasteiger partial charge in [-0.15, -0.1) is 0 Å². The van der Waals surface area contributed by atoms with Gasteiger partial charge in [-0.3, -0.25) is 4.79 Å². The van der Waals surface area contributed by atoms with E-state index in [-0.39, 0.29) is 0 Å². The summed E-state index contributed by atoms with van der Waals surface area (Å²) in [4.78, 5) is 10.6. The number of aliphatic hydroxyl groups excluding tert-OH is 1. The second kappa shape index (κ2) is 9.36. The lowest BCUT2D eigenvalue weighted by Gasteiger charge is -2.29. The first-order valence-corrected chi connectivity index (χ1v) is 10.3. The number of allylic oxidation sites excluding steroid dienone is 1. The summed E-state index contributed by atoms with van der Waals surface area (Å²) in [7, 11) is 0. The van der Waals surface area contributed by atoms with Gasteiger partial charge < -0.3 is 10.2 Å². The molecule has 3 nitrogen and oxygen atoms in total. The molecule has 0 saturated heterocycles. The van der Waals surface area contributed by atoms with Crippen molar-refractivity contribution in [2.45, 2.75) is 63.9 Å². The maximum Gasteiger partial charge on any atom is 0.303 e. The summed E-state index contributed by atoms with van der Waals surface area (Å²) in [6.07, 6.45) is 13.6. The Bertz CT molecular complexity index is 595. The van der Waals surface area contributed by atoms with Crippen molar-refractivity contribution in [3.8, 4) is 0 Å². The number of benzene rings is 1. The van der Waals surface area contributed by atoms with E-state index < -0.39 is 12.1 Å². The summed E-state index contributed by atoms with van der Waals surface area (Å²) in [6, 6.07) is 9.87. The highest BCUT2D eigenvalue weighted by Crippen LogP contribution is 2.54. The number of aliphatic carboxylic acids is 1. The molecule has 5 atom stereocenters. The molecule has 2 bridgehead atoms. The van der Waals surface area contributed by atoms with Crippen molar-refractivity contribution in [3.63, 3.8) is 0 Å². The van der Waals surface area contributed by atoms with Gasteiger partial charge in [-0.25, -0.2) is 0 Å². The maximum atomic E-state index is 10.6. The first-order valence-electron chi connectivity index (χ1n) is 10.3. The predicted octanol–water partition coefficient (Wildman–Crippen LogP) is 5.36. The average molecular weight is 357 g/mol. The summed E-state index contributed by atoms with van der Waals surface area (Å²) in [5.41, 5.74) is 0.960. The molecule has 0 heterocycles. The van der Waals surface area contributed by atoms with Crippen molar-refractivity contribution in [2.75, 3.05) is 0 Å². The van der Waals surface area contributed by atoms with Gasteiger partial charge in [0.25, 0.3) is 0 Å². The van der Waals surface area contributed by atoms with E-state index in [2.05, 4.69) is 6.08 Å². The standard InChI is InChI=1S/C23H32O3/c24-22(17-8-4-3-5-9-17)15-14-21-19-13-12-18(16-19)20(21)10-6-1-2-7-11-23(25)26/h3-5,8-9,14-15,18-22,24H,1-2,6-7,10-13,16H2,(H,25,26)/b15-14+. The lowest BCUT2D eigenvalue weighted by Crippen LogP contribution is -2.21. The van der Waals surface area contributed by atoms with Crippen molar-refractivity contribution in [3.05, 3.63) is 48.0 Å². The number of carbonyl (C=O) groups is 1. The Morgan fingerprint density at radius 1 is 1.08 bits per heavy atom. The molecule has 2 fully saturated rings. The third-order valence-electron chi connectivity index (χ3n) is 6.49. The molecule has 1 aromatic carbocycles. The smallest absolute Gasteiger partial charge is 0.303 e. The zero-order valence-electron chi connectivity index (χ0n) is 15.6. The van der Waals surface area contributed by atoms with Crippen molar-refractivity contribution in [1.29, 1.82) is 0 Å². The van der Waals surface area contributed by atoms with E-state index in [0.29, 0.717) is 12.3 Å². The van der Waals surface area contributed by atoms with Crippen LogP contribution in [0.5, 0.6) is 0 Å². The third-order valence-corrected chi connectivity index (χ3v) is 6.49. The van der Waals surface area contributed by atoms with E-state index in [1.807, 2.05) is 36.4 Å². The van der Waals surface area contributed by atoms with Crippen LogP contribution in [0.1, 0.15) is 69.5 Å². The zero-order chi connectivity index (χ0) is 18.4. The fourth-order valence-corrected chi connectivity index (χ4v) is 5.19. The van der Waals surface area contributed by atoms with E-state index in [1.54, 1.807) is 0 Å². The Morgan fingerprint density at radius 3 is 2.58 bits per heavy atom. The molecule has 2 saturated carbocycles. The topological polar surface area (TPSA) is 57.5 Å². The Balaban J connectivity index is 1.49. The van der Waals surface area contributed by atoms with Crippen molar-refractivity contribution in [2.24, 2.45) is 23.7 Å². The van der Waals surface area contributed by atoms with E-state index in [0.717, 1.165) is 42.6 Å². The molecule has 2 aliphatic rings. The maximum absolute atomic E-state index is 10.6. The molecule has 0 aromatic heterocycles. The van der Waals surface area contributed by atoms with Gasteiger partial charge in [0.15, 0.2) is 0 Å². The van der Waals surface area contributed by atoms with Gasteiger partial charge in [0.2, 0.25) is 0 Å². The number of unbranched alkanes of at least 4 members (excludes halogenated alkanes) is 3. The van der Waals surface area contributed by atoms with Crippen molar-refractivity contribution >= 4 is 5.97 Å². The third kappa shape index (κ3) is 4.97. The van der Waals surface area contributed by atoms with E-state index >= 15 is 0 Å².